The summed E-state index contributed by atoms with van der Waals surface area (Å²) in [5, 5.41) is 10.1. The number of rotatable bonds is 7. The fraction of sp³-hybridized carbons (Fsp3) is 0.500. The van der Waals surface area contributed by atoms with Crippen molar-refractivity contribution in [2.24, 2.45) is 0 Å². The molecule has 0 aliphatic rings. The lowest BCUT2D eigenvalue weighted by Crippen LogP contribution is -2.08. The summed E-state index contributed by atoms with van der Waals surface area (Å²) >= 11 is 0. The first-order valence-electron chi connectivity index (χ1n) is 6.42. The highest BCUT2D eigenvalue weighted by molar-refractivity contribution is 5.47. The van der Waals surface area contributed by atoms with Crippen LogP contribution in [0.1, 0.15) is 31.9 Å². The SMILES string of the molecule is CCCc1nc(NCC)cc(NCc2ncon2)n1. The third-order valence-electron chi connectivity index (χ3n) is 2.44. The Bertz CT molecular complexity index is 475. The Morgan fingerprint density at radius 3 is 2.53 bits per heavy atom. The van der Waals surface area contributed by atoms with Crippen molar-refractivity contribution in [3.63, 3.8) is 0 Å². The molecule has 2 rings (SSSR count). The first-order valence-corrected chi connectivity index (χ1v) is 6.42. The summed E-state index contributed by atoms with van der Waals surface area (Å²) in [6.45, 7) is 5.45. The summed E-state index contributed by atoms with van der Waals surface area (Å²) in [7, 11) is 0. The smallest absolute Gasteiger partial charge is 0.213 e. The van der Waals surface area contributed by atoms with Crippen molar-refractivity contribution in [3.05, 3.63) is 24.1 Å². The zero-order chi connectivity index (χ0) is 13.5. The molecule has 0 amide bonds. The zero-order valence-corrected chi connectivity index (χ0v) is 11.2. The third-order valence-corrected chi connectivity index (χ3v) is 2.44. The predicted molar refractivity (Wildman–Crippen MR) is 71.8 cm³/mol. The molecule has 0 unspecified atom stereocenters. The highest BCUT2D eigenvalue weighted by atomic mass is 16.5. The minimum atomic E-state index is 0.477. The van der Waals surface area contributed by atoms with Crippen molar-refractivity contribution in [2.45, 2.75) is 33.2 Å². The first kappa shape index (κ1) is 13.3. The summed E-state index contributed by atoms with van der Waals surface area (Å²) in [5.74, 6) is 3.02. The topological polar surface area (TPSA) is 88.8 Å². The van der Waals surface area contributed by atoms with Crippen LogP contribution in [0.25, 0.3) is 0 Å². The van der Waals surface area contributed by atoms with Gasteiger partial charge in [0.25, 0.3) is 0 Å². The molecule has 0 bridgehead atoms. The molecule has 19 heavy (non-hydrogen) atoms. The Morgan fingerprint density at radius 1 is 1.11 bits per heavy atom. The fourth-order valence-electron chi connectivity index (χ4n) is 1.63. The van der Waals surface area contributed by atoms with Crippen LogP contribution in [-0.2, 0) is 13.0 Å². The van der Waals surface area contributed by atoms with Crippen molar-refractivity contribution in [3.8, 4) is 0 Å². The quantitative estimate of drug-likeness (QED) is 0.787. The van der Waals surface area contributed by atoms with Crippen LogP contribution < -0.4 is 10.6 Å². The molecule has 0 spiro atoms. The number of hydrogen-bond acceptors (Lipinski definition) is 7. The Morgan fingerprint density at radius 2 is 1.89 bits per heavy atom. The molecule has 0 atom stereocenters. The molecule has 0 aliphatic carbocycles. The van der Waals surface area contributed by atoms with Crippen molar-refractivity contribution >= 4 is 11.6 Å². The van der Waals surface area contributed by atoms with Crippen LogP contribution in [0.3, 0.4) is 0 Å². The highest BCUT2D eigenvalue weighted by Crippen LogP contribution is 2.13. The van der Waals surface area contributed by atoms with E-state index in [2.05, 4.69) is 42.2 Å². The minimum Gasteiger partial charge on any atom is -0.370 e. The highest BCUT2D eigenvalue weighted by Gasteiger charge is 2.05. The van der Waals surface area contributed by atoms with E-state index in [4.69, 9.17) is 0 Å². The maximum absolute atomic E-state index is 4.68. The van der Waals surface area contributed by atoms with Gasteiger partial charge in [0.15, 0.2) is 5.82 Å². The molecule has 7 heteroatoms. The molecule has 0 saturated carbocycles. The van der Waals surface area contributed by atoms with Gasteiger partial charge in [-0.25, -0.2) is 9.97 Å². The molecule has 2 N–H and O–H groups in total. The zero-order valence-electron chi connectivity index (χ0n) is 11.2. The van der Waals surface area contributed by atoms with Gasteiger partial charge < -0.3 is 15.2 Å². The monoisotopic (exact) mass is 262 g/mol. The van der Waals surface area contributed by atoms with Crippen molar-refractivity contribution in [1.82, 2.24) is 20.1 Å². The molecule has 102 valence electrons. The number of nitrogens with one attached hydrogen (secondary N) is 2. The van der Waals surface area contributed by atoms with Crippen LogP contribution in [-0.4, -0.2) is 26.7 Å². The van der Waals surface area contributed by atoms with Crippen LogP contribution in [0.2, 0.25) is 0 Å². The van der Waals surface area contributed by atoms with E-state index in [0.29, 0.717) is 12.4 Å². The minimum absolute atomic E-state index is 0.477. The summed E-state index contributed by atoms with van der Waals surface area (Å²) in [5.41, 5.74) is 0. The predicted octanol–water partition coefficient (Wildman–Crippen LogP) is 1.86. The normalized spacial score (nSPS) is 10.4. The summed E-state index contributed by atoms with van der Waals surface area (Å²) < 4.78 is 4.68. The van der Waals surface area contributed by atoms with E-state index in [9.17, 15) is 0 Å². The maximum atomic E-state index is 4.68. The van der Waals surface area contributed by atoms with Crippen molar-refractivity contribution in [2.75, 3.05) is 17.2 Å². The summed E-state index contributed by atoms with van der Waals surface area (Å²) in [6.07, 6.45) is 3.18. The first-order chi connectivity index (χ1) is 9.31. The van der Waals surface area contributed by atoms with E-state index < -0.39 is 0 Å². The van der Waals surface area contributed by atoms with Crippen molar-refractivity contribution < 1.29 is 4.52 Å². The third kappa shape index (κ3) is 3.90. The Labute approximate surface area is 111 Å². The van der Waals surface area contributed by atoms with Gasteiger partial charge >= 0.3 is 0 Å². The standard InChI is InChI=1S/C12H18N6O/c1-3-5-9-16-10(13-4-2)6-11(17-9)14-7-12-15-8-19-18-12/h6,8H,3-5,7H2,1-2H3,(H2,13,14,16,17). The largest absolute Gasteiger partial charge is 0.370 e. The van der Waals surface area contributed by atoms with Gasteiger partial charge in [-0.2, -0.15) is 4.98 Å². The van der Waals surface area contributed by atoms with Gasteiger partial charge in [0, 0.05) is 19.0 Å². The van der Waals surface area contributed by atoms with E-state index in [-0.39, 0.29) is 0 Å². The van der Waals surface area contributed by atoms with Crippen LogP contribution in [0.5, 0.6) is 0 Å². The van der Waals surface area contributed by atoms with E-state index in [0.717, 1.165) is 36.8 Å². The van der Waals surface area contributed by atoms with E-state index >= 15 is 0 Å². The second kappa shape index (κ2) is 6.67. The second-order valence-corrected chi connectivity index (χ2v) is 4.04. The molecule has 0 aliphatic heterocycles. The van der Waals surface area contributed by atoms with Crippen LogP contribution in [0.15, 0.2) is 17.0 Å². The molecule has 2 aromatic heterocycles. The molecule has 2 aromatic rings. The second-order valence-electron chi connectivity index (χ2n) is 4.04. The van der Waals surface area contributed by atoms with Crippen LogP contribution in [0.4, 0.5) is 11.6 Å². The molecule has 0 aromatic carbocycles. The number of hydrogen-bond donors (Lipinski definition) is 2. The molecule has 0 radical (unpaired) electrons. The van der Waals surface area contributed by atoms with Gasteiger partial charge in [-0.15, -0.1) is 0 Å². The molecular weight excluding hydrogens is 244 g/mol. The van der Waals surface area contributed by atoms with E-state index in [1.807, 2.05) is 13.0 Å². The van der Waals surface area contributed by atoms with E-state index in [1.165, 1.54) is 6.39 Å². The average Bonchev–Trinajstić information content (AvgIpc) is 2.90. The lowest BCUT2D eigenvalue weighted by atomic mass is 10.3. The molecule has 2 heterocycles. The number of aryl methyl sites for hydroxylation is 1. The van der Waals surface area contributed by atoms with Crippen LogP contribution in [0, 0.1) is 0 Å². The Hall–Kier alpha value is -2.18. The Balaban J connectivity index is 2.08. The maximum Gasteiger partial charge on any atom is 0.213 e. The van der Waals surface area contributed by atoms with Gasteiger partial charge in [-0.3, -0.25) is 0 Å². The molecule has 0 saturated heterocycles. The van der Waals surface area contributed by atoms with Gasteiger partial charge in [0.05, 0.1) is 6.54 Å². The summed E-state index contributed by atoms with van der Waals surface area (Å²) in [6, 6.07) is 1.88. The van der Waals surface area contributed by atoms with Gasteiger partial charge in [0.1, 0.15) is 17.5 Å². The van der Waals surface area contributed by atoms with Crippen LogP contribution >= 0.6 is 0 Å². The van der Waals surface area contributed by atoms with Crippen molar-refractivity contribution in [1.29, 1.82) is 0 Å². The van der Waals surface area contributed by atoms with E-state index in [1.54, 1.807) is 0 Å². The fourth-order valence-corrected chi connectivity index (χ4v) is 1.63. The van der Waals surface area contributed by atoms with Gasteiger partial charge in [0.2, 0.25) is 6.39 Å². The van der Waals surface area contributed by atoms with Gasteiger partial charge in [-0.05, 0) is 13.3 Å². The molecule has 0 fully saturated rings. The summed E-state index contributed by atoms with van der Waals surface area (Å²) in [4.78, 5) is 12.9. The molecular formula is C12H18N6O. The lowest BCUT2D eigenvalue weighted by molar-refractivity contribution is 0.411. The number of nitrogens with zero attached hydrogens (tertiary/aromatic N) is 4. The van der Waals surface area contributed by atoms with Gasteiger partial charge in [-0.1, -0.05) is 12.1 Å². The molecule has 7 nitrogen and oxygen atoms in total. The number of aromatic nitrogens is 4. The lowest BCUT2D eigenvalue weighted by Gasteiger charge is -2.09. The average molecular weight is 262 g/mol. The number of anilines is 2. The Kier molecular flexibility index (Phi) is 4.66.